The van der Waals surface area contributed by atoms with E-state index in [2.05, 4.69) is 53.9 Å². The zero-order valence-corrected chi connectivity index (χ0v) is 24.0. The number of aromatic nitrogens is 2. The van der Waals surface area contributed by atoms with Crippen LogP contribution in [0.4, 0.5) is 15.1 Å². The van der Waals surface area contributed by atoms with Crippen molar-refractivity contribution in [1.29, 1.82) is 0 Å². The number of oxime groups is 1. The van der Waals surface area contributed by atoms with Crippen LogP contribution in [0.2, 0.25) is 18.1 Å². The van der Waals surface area contributed by atoms with E-state index in [1.807, 2.05) is 6.07 Å². The molecule has 1 aromatic carbocycles. The van der Waals surface area contributed by atoms with Gasteiger partial charge in [-0.3, -0.25) is 0 Å². The molecule has 11 heteroatoms. The second-order valence-electron chi connectivity index (χ2n) is 11.2. The Balaban J connectivity index is 1.30. The van der Waals surface area contributed by atoms with Gasteiger partial charge in [-0.25, -0.2) is 19.2 Å². The maximum atomic E-state index is 15.4. The summed E-state index contributed by atoms with van der Waals surface area (Å²) in [6.07, 6.45) is 4.53. The molecule has 2 saturated heterocycles. The summed E-state index contributed by atoms with van der Waals surface area (Å²) in [5.74, 6) is 0.321. The number of carbonyl (C=O) groups excluding carboxylic acids is 1. The molecule has 9 nitrogen and oxygen atoms in total. The van der Waals surface area contributed by atoms with Gasteiger partial charge in [-0.05, 0) is 18.1 Å². The average molecular weight is 544 g/mol. The van der Waals surface area contributed by atoms with Gasteiger partial charge in [0.05, 0.1) is 25.4 Å². The van der Waals surface area contributed by atoms with Crippen molar-refractivity contribution >= 4 is 26.1 Å². The summed E-state index contributed by atoms with van der Waals surface area (Å²) in [5.41, 5.74) is 2.62. The number of cyclic esters (lactones) is 1. The Morgan fingerprint density at radius 1 is 1.13 bits per heavy atom. The van der Waals surface area contributed by atoms with Crippen molar-refractivity contribution in [3.8, 4) is 11.1 Å². The van der Waals surface area contributed by atoms with Crippen LogP contribution in [0.25, 0.3) is 11.1 Å². The van der Waals surface area contributed by atoms with Crippen molar-refractivity contribution in [2.45, 2.75) is 58.4 Å². The third kappa shape index (κ3) is 6.68. The van der Waals surface area contributed by atoms with E-state index in [0.29, 0.717) is 62.0 Å². The molecule has 0 saturated carbocycles. The summed E-state index contributed by atoms with van der Waals surface area (Å²) in [6, 6.07) is 5.37. The Morgan fingerprint density at radius 3 is 2.47 bits per heavy atom. The van der Waals surface area contributed by atoms with E-state index in [-0.39, 0.29) is 23.6 Å². The third-order valence-corrected chi connectivity index (χ3v) is 12.0. The van der Waals surface area contributed by atoms with Gasteiger partial charge < -0.3 is 23.8 Å². The van der Waals surface area contributed by atoms with Gasteiger partial charge in [0, 0.05) is 55.0 Å². The molecule has 0 radical (unpaired) electrons. The van der Waals surface area contributed by atoms with Crippen molar-refractivity contribution in [1.82, 2.24) is 14.9 Å². The normalized spacial score (nSPS) is 16.6. The standard InChI is InChI=1S/C27H38FN5O4Si/c1-27(2,3)38(4,5)37-19-20-7-6-8-23(24(20)28)21-17-29-25(30-18-21)32-11-9-22(10-12-32)31-36-16-14-33-13-15-35-26(33)34/h6-8,17-18H,9-16,19H2,1-5H3. The van der Waals surface area contributed by atoms with Crippen molar-refractivity contribution in [3.63, 3.8) is 0 Å². The first-order valence-corrected chi connectivity index (χ1v) is 16.0. The molecule has 0 aliphatic carbocycles. The largest absolute Gasteiger partial charge is 0.448 e. The molecule has 1 amide bonds. The lowest BCUT2D eigenvalue weighted by atomic mass is 10.1. The van der Waals surface area contributed by atoms with Gasteiger partial charge in [-0.1, -0.05) is 44.1 Å². The number of halogens is 1. The molecule has 0 bridgehead atoms. The molecular formula is C27H38FN5O4Si. The predicted molar refractivity (Wildman–Crippen MR) is 147 cm³/mol. The van der Waals surface area contributed by atoms with E-state index >= 15 is 4.39 Å². The summed E-state index contributed by atoms with van der Waals surface area (Å²) in [6.45, 7) is 14.4. The Bertz CT molecular complexity index is 1140. The van der Waals surface area contributed by atoms with Crippen LogP contribution in [0.15, 0.2) is 35.7 Å². The van der Waals surface area contributed by atoms with Crippen LogP contribution in [0, 0.1) is 5.82 Å². The van der Waals surface area contributed by atoms with E-state index in [1.165, 1.54) is 0 Å². The number of anilines is 1. The summed E-state index contributed by atoms with van der Waals surface area (Å²) in [4.78, 5) is 29.6. The molecule has 4 rings (SSSR count). The highest BCUT2D eigenvalue weighted by atomic mass is 28.4. The third-order valence-electron chi connectivity index (χ3n) is 7.54. The van der Waals surface area contributed by atoms with Crippen molar-refractivity contribution in [3.05, 3.63) is 42.0 Å². The fourth-order valence-electron chi connectivity index (χ4n) is 3.99. The van der Waals surface area contributed by atoms with Crippen LogP contribution in [0.3, 0.4) is 0 Å². The Morgan fingerprint density at radius 2 is 1.84 bits per heavy atom. The Hall–Kier alpha value is -3.05. The van der Waals surface area contributed by atoms with E-state index < -0.39 is 8.32 Å². The van der Waals surface area contributed by atoms with Crippen LogP contribution in [-0.2, 0) is 20.6 Å². The zero-order chi connectivity index (χ0) is 27.3. The molecule has 0 unspecified atom stereocenters. The summed E-state index contributed by atoms with van der Waals surface area (Å²) >= 11 is 0. The first-order valence-electron chi connectivity index (χ1n) is 13.1. The summed E-state index contributed by atoms with van der Waals surface area (Å²) < 4.78 is 26.5. The molecule has 3 heterocycles. The molecule has 2 aliphatic heterocycles. The van der Waals surface area contributed by atoms with Crippen LogP contribution in [0.5, 0.6) is 0 Å². The van der Waals surface area contributed by atoms with E-state index in [4.69, 9.17) is 14.0 Å². The summed E-state index contributed by atoms with van der Waals surface area (Å²) in [5, 5.41) is 4.29. The smallest absolute Gasteiger partial charge is 0.410 e. The lowest BCUT2D eigenvalue weighted by molar-refractivity contribution is 0.114. The van der Waals surface area contributed by atoms with Gasteiger partial charge in [0.15, 0.2) is 8.32 Å². The second-order valence-corrected chi connectivity index (χ2v) is 16.0. The minimum atomic E-state index is -1.99. The lowest BCUT2D eigenvalue weighted by Gasteiger charge is -2.36. The Labute approximate surface area is 225 Å². The van der Waals surface area contributed by atoms with E-state index in [1.54, 1.807) is 29.4 Å². The minimum absolute atomic E-state index is 0.0592. The van der Waals surface area contributed by atoms with Gasteiger partial charge in [0.1, 0.15) is 19.0 Å². The van der Waals surface area contributed by atoms with Crippen molar-refractivity contribution in [2.75, 3.05) is 44.3 Å². The molecule has 1 aromatic heterocycles. The minimum Gasteiger partial charge on any atom is -0.448 e. The van der Waals surface area contributed by atoms with E-state index in [0.717, 1.165) is 18.6 Å². The maximum Gasteiger partial charge on any atom is 0.410 e. The van der Waals surface area contributed by atoms with Crippen LogP contribution >= 0.6 is 0 Å². The molecule has 0 atom stereocenters. The number of nitrogens with zero attached hydrogens (tertiary/aromatic N) is 5. The fourth-order valence-corrected chi connectivity index (χ4v) is 4.93. The van der Waals surface area contributed by atoms with E-state index in [9.17, 15) is 4.79 Å². The number of carbonyl (C=O) groups is 1. The number of ether oxygens (including phenoxy) is 1. The molecular weight excluding hydrogens is 505 g/mol. The maximum absolute atomic E-state index is 15.4. The fraction of sp³-hybridized carbons (Fsp3) is 0.556. The topological polar surface area (TPSA) is 89.4 Å². The van der Waals surface area contributed by atoms with Crippen molar-refractivity contribution < 1.29 is 23.2 Å². The molecule has 38 heavy (non-hydrogen) atoms. The molecule has 2 aliphatic rings. The number of benzene rings is 1. The highest BCUT2D eigenvalue weighted by molar-refractivity contribution is 6.74. The Kier molecular flexibility index (Phi) is 8.66. The number of hydrogen-bond acceptors (Lipinski definition) is 8. The SMILES string of the molecule is CC(C)(C)[Si](C)(C)OCc1cccc(-c2cnc(N3CCC(=NOCCN4CCOC4=O)CC3)nc2)c1F. The molecule has 0 spiro atoms. The highest BCUT2D eigenvalue weighted by Crippen LogP contribution is 2.37. The quantitative estimate of drug-likeness (QED) is 0.243. The molecule has 0 N–H and O–H groups in total. The second kappa shape index (κ2) is 11.8. The van der Waals surface area contributed by atoms with Gasteiger partial charge in [0.2, 0.25) is 5.95 Å². The monoisotopic (exact) mass is 543 g/mol. The van der Waals surface area contributed by atoms with Gasteiger partial charge in [-0.15, -0.1) is 0 Å². The lowest BCUT2D eigenvalue weighted by Crippen LogP contribution is -2.40. The van der Waals surface area contributed by atoms with Gasteiger partial charge in [-0.2, -0.15) is 0 Å². The first kappa shape index (κ1) is 28.0. The first-order chi connectivity index (χ1) is 18.0. The number of rotatable bonds is 9. The summed E-state index contributed by atoms with van der Waals surface area (Å²) in [7, 11) is -1.99. The van der Waals surface area contributed by atoms with Crippen LogP contribution < -0.4 is 4.90 Å². The number of piperidine rings is 1. The highest BCUT2D eigenvalue weighted by Gasteiger charge is 2.37. The zero-order valence-electron chi connectivity index (χ0n) is 23.0. The van der Waals surface area contributed by atoms with Gasteiger partial charge >= 0.3 is 6.09 Å². The molecule has 206 valence electrons. The van der Waals surface area contributed by atoms with Crippen LogP contribution in [0.1, 0.15) is 39.2 Å². The van der Waals surface area contributed by atoms with Crippen molar-refractivity contribution in [2.24, 2.45) is 5.16 Å². The molecule has 2 fully saturated rings. The average Bonchev–Trinajstić information content (AvgIpc) is 3.30. The number of amides is 1. The predicted octanol–water partition coefficient (Wildman–Crippen LogP) is 5.23. The molecule has 2 aromatic rings. The van der Waals surface area contributed by atoms with Gasteiger partial charge in [0.25, 0.3) is 0 Å². The number of hydrogen-bond donors (Lipinski definition) is 0. The van der Waals surface area contributed by atoms with Crippen LogP contribution in [-0.4, -0.2) is 74.4 Å².